The molecular formula is C19H19N7O4. The van der Waals surface area contributed by atoms with Crippen LogP contribution in [-0.4, -0.2) is 59.0 Å². The molecule has 1 amide bonds. The summed E-state index contributed by atoms with van der Waals surface area (Å²) in [5.74, 6) is -0.139. The van der Waals surface area contributed by atoms with Crippen molar-refractivity contribution in [2.45, 2.75) is 6.29 Å². The molecule has 1 aliphatic heterocycles. The van der Waals surface area contributed by atoms with Gasteiger partial charge < -0.3 is 24.8 Å². The van der Waals surface area contributed by atoms with Crippen LogP contribution in [0.25, 0.3) is 5.65 Å². The van der Waals surface area contributed by atoms with Gasteiger partial charge in [-0.3, -0.25) is 4.79 Å². The van der Waals surface area contributed by atoms with Crippen molar-refractivity contribution < 1.29 is 19.0 Å². The Morgan fingerprint density at radius 3 is 3.00 bits per heavy atom. The number of pyridine rings is 1. The Hall–Kier alpha value is -3.59. The molecule has 4 heterocycles. The number of anilines is 2. The van der Waals surface area contributed by atoms with Gasteiger partial charge in [-0.05, 0) is 6.07 Å². The molecule has 0 unspecified atom stereocenters. The second-order valence-corrected chi connectivity index (χ2v) is 6.35. The first-order valence-corrected chi connectivity index (χ1v) is 9.21. The maximum absolute atomic E-state index is 12.8. The summed E-state index contributed by atoms with van der Waals surface area (Å²) in [6, 6.07) is 5.39. The van der Waals surface area contributed by atoms with E-state index in [9.17, 15) is 10.1 Å². The molecule has 3 aromatic rings. The van der Waals surface area contributed by atoms with Crippen LogP contribution < -0.4 is 10.6 Å². The topological polar surface area (TPSA) is 136 Å². The van der Waals surface area contributed by atoms with Gasteiger partial charge in [0.25, 0.3) is 5.91 Å². The third-order valence-corrected chi connectivity index (χ3v) is 4.39. The van der Waals surface area contributed by atoms with Crippen molar-refractivity contribution in [3.63, 3.8) is 0 Å². The number of methoxy groups -OCH3 is 1. The molecule has 1 fully saturated rings. The summed E-state index contributed by atoms with van der Waals surface area (Å²) in [4.78, 5) is 21.4. The molecule has 4 rings (SSSR count). The van der Waals surface area contributed by atoms with E-state index >= 15 is 0 Å². The number of carbonyl (C=O) groups excluding carboxylic acids is 1. The first-order chi connectivity index (χ1) is 14.7. The second kappa shape index (κ2) is 8.83. The van der Waals surface area contributed by atoms with Crippen LogP contribution in [-0.2, 0) is 14.2 Å². The zero-order chi connectivity index (χ0) is 20.9. The average molecular weight is 409 g/mol. The minimum absolute atomic E-state index is 0.273. The summed E-state index contributed by atoms with van der Waals surface area (Å²) in [6.07, 6.45) is 3.96. The summed E-state index contributed by atoms with van der Waals surface area (Å²) < 4.78 is 17.4. The Bertz CT molecular complexity index is 1100. The number of aromatic nitrogens is 4. The van der Waals surface area contributed by atoms with E-state index in [0.717, 1.165) is 0 Å². The predicted octanol–water partition coefficient (Wildman–Crippen LogP) is 1.35. The summed E-state index contributed by atoms with van der Waals surface area (Å²) in [6.45, 7) is 1.97. The average Bonchev–Trinajstić information content (AvgIpc) is 3.44. The SMILES string of the molecule is COCCNc1cc(NC(=O)c2cnn3ccc(C4OCCO4)nc23)ncc1C#N. The van der Waals surface area contributed by atoms with Gasteiger partial charge in [-0.1, -0.05) is 0 Å². The Balaban J connectivity index is 1.56. The lowest BCUT2D eigenvalue weighted by atomic mass is 10.2. The van der Waals surface area contributed by atoms with E-state index in [-0.39, 0.29) is 11.4 Å². The third-order valence-electron chi connectivity index (χ3n) is 4.39. The molecular weight excluding hydrogens is 390 g/mol. The fraction of sp³-hybridized carbons (Fsp3) is 0.316. The number of ether oxygens (including phenoxy) is 3. The minimum Gasteiger partial charge on any atom is -0.383 e. The lowest BCUT2D eigenvalue weighted by Gasteiger charge is -2.10. The normalized spacial score (nSPS) is 14.0. The van der Waals surface area contributed by atoms with Crippen molar-refractivity contribution in [2.24, 2.45) is 0 Å². The standard InChI is InChI=1S/C19H19N7O4/c1-28-5-3-21-15-8-16(22-10-12(15)9-20)25-18(27)13-11-23-26-4-2-14(24-17(13)26)19-29-6-7-30-19/h2,4,8,10-11,19H,3,5-7H2,1H3,(H2,21,22,25,27). The molecule has 1 saturated heterocycles. The Kier molecular flexibility index (Phi) is 5.80. The number of carbonyl (C=O) groups is 1. The zero-order valence-corrected chi connectivity index (χ0v) is 16.2. The van der Waals surface area contributed by atoms with E-state index in [2.05, 4.69) is 31.8 Å². The molecule has 0 bridgehead atoms. The van der Waals surface area contributed by atoms with Crippen molar-refractivity contribution in [2.75, 3.05) is 44.1 Å². The number of hydrogen-bond acceptors (Lipinski definition) is 9. The lowest BCUT2D eigenvalue weighted by Crippen LogP contribution is -2.15. The van der Waals surface area contributed by atoms with E-state index in [0.29, 0.717) is 49.0 Å². The molecule has 3 aromatic heterocycles. The number of nitrogens with one attached hydrogen (secondary N) is 2. The lowest BCUT2D eigenvalue weighted by molar-refractivity contribution is -0.0472. The van der Waals surface area contributed by atoms with Gasteiger partial charge in [-0.2, -0.15) is 10.4 Å². The van der Waals surface area contributed by atoms with Crippen LogP contribution in [0.15, 0.2) is 30.7 Å². The van der Waals surface area contributed by atoms with Crippen molar-refractivity contribution in [3.8, 4) is 6.07 Å². The molecule has 154 valence electrons. The molecule has 0 radical (unpaired) electrons. The molecule has 0 spiro atoms. The smallest absolute Gasteiger partial charge is 0.262 e. The number of rotatable bonds is 7. The van der Waals surface area contributed by atoms with Gasteiger partial charge in [0.15, 0.2) is 5.65 Å². The Labute approximate surface area is 171 Å². The molecule has 2 N–H and O–H groups in total. The van der Waals surface area contributed by atoms with Gasteiger partial charge in [0, 0.05) is 32.1 Å². The van der Waals surface area contributed by atoms with Crippen molar-refractivity contribution in [1.29, 1.82) is 5.26 Å². The fourth-order valence-electron chi connectivity index (χ4n) is 2.93. The van der Waals surface area contributed by atoms with Gasteiger partial charge in [0.2, 0.25) is 6.29 Å². The minimum atomic E-state index is -0.554. The first-order valence-electron chi connectivity index (χ1n) is 9.21. The van der Waals surface area contributed by atoms with Gasteiger partial charge >= 0.3 is 0 Å². The van der Waals surface area contributed by atoms with Gasteiger partial charge in [0.05, 0.1) is 37.3 Å². The zero-order valence-electron chi connectivity index (χ0n) is 16.2. The molecule has 11 nitrogen and oxygen atoms in total. The summed E-state index contributed by atoms with van der Waals surface area (Å²) >= 11 is 0. The predicted molar refractivity (Wildman–Crippen MR) is 105 cm³/mol. The highest BCUT2D eigenvalue weighted by Crippen LogP contribution is 2.23. The van der Waals surface area contributed by atoms with Gasteiger partial charge in [0.1, 0.15) is 23.1 Å². The van der Waals surface area contributed by atoms with Crippen molar-refractivity contribution in [1.82, 2.24) is 19.6 Å². The third kappa shape index (κ3) is 4.06. The number of amides is 1. The molecule has 1 aliphatic rings. The number of hydrogen-bond donors (Lipinski definition) is 2. The largest absolute Gasteiger partial charge is 0.383 e. The van der Waals surface area contributed by atoms with Crippen LogP contribution in [0.3, 0.4) is 0 Å². The first kappa shape index (κ1) is 19.7. The number of nitrogens with zero attached hydrogens (tertiary/aromatic N) is 5. The van der Waals surface area contributed by atoms with Crippen LogP contribution in [0.1, 0.15) is 27.9 Å². The number of nitriles is 1. The van der Waals surface area contributed by atoms with E-state index in [1.165, 1.54) is 16.9 Å². The maximum atomic E-state index is 12.8. The van der Waals surface area contributed by atoms with E-state index < -0.39 is 12.2 Å². The molecule has 30 heavy (non-hydrogen) atoms. The highest BCUT2D eigenvalue weighted by molar-refractivity contribution is 6.07. The molecule has 0 aliphatic carbocycles. The maximum Gasteiger partial charge on any atom is 0.262 e. The second-order valence-electron chi connectivity index (χ2n) is 6.35. The quantitative estimate of drug-likeness (QED) is 0.554. The van der Waals surface area contributed by atoms with E-state index in [4.69, 9.17) is 14.2 Å². The van der Waals surface area contributed by atoms with E-state index in [1.54, 1.807) is 25.4 Å². The number of fused-ring (bicyclic) bond motifs is 1. The highest BCUT2D eigenvalue weighted by atomic mass is 16.7. The van der Waals surface area contributed by atoms with Crippen LogP contribution >= 0.6 is 0 Å². The fourth-order valence-corrected chi connectivity index (χ4v) is 2.93. The Morgan fingerprint density at radius 2 is 2.23 bits per heavy atom. The van der Waals surface area contributed by atoms with Gasteiger partial charge in [-0.15, -0.1) is 0 Å². The monoisotopic (exact) mass is 409 g/mol. The molecule has 11 heteroatoms. The van der Waals surface area contributed by atoms with Gasteiger partial charge in [-0.25, -0.2) is 14.5 Å². The summed E-state index contributed by atoms with van der Waals surface area (Å²) in [5, 5.41) is 19.2. The molecule has 0 saturated carbocycles. The van der Waals surface area contributed by atoms with Crippen molar-refractivity contribution >= 4 is 23.1 Å². The summed E-state index contributed by atoms with van der Waals surface area (Å²) in [7, 11) is 1.59. The van der Waals surface area contributed by atoms with Crippen LogP contribution in [0.4, 0.5) is 11.5 Å². The Morgan fingerprint density at radius 1 is 1.40 bits per heavy atom. The van der Waals surface area contributed by atoms with Crippen molar-refractivity contribution in [3.05, 3.63) is 47.5 Å². The molecule has 0 atom stereocenters. The van der Waals surface area contributed by atoms with Crippen LogP contribution in [0.2, 0.25) is 0 Å². The van der Waals surface area contributed by atoms with E-state index in [1.807, 2.05) is 0 Å². The highest BCUT2D eigenvalue weighted by Gasteiger charge is 2.22. The van der Waals surface area contributed by atoms with Crippen LogP contribution in [0, 0.1) is 11.3 Å². The molecule has 0 aromatic carbocycles. The summed E-state index contributed by atoms with van der Waals surface area (Å²) in [5.41, 5.74) is 2.13. The van der Waals surface area contributed by atoms with Crippen LogP contribution in [0.5, 0.6) is 0 Å².